The highest BCUT2D eigenvalue weighted by Crippen LogP contribution is 2.26. The summed E-state index contributed by atoms with van der Waals surface area (Å²) in [6.45, 7) is 1.13. The van der Waals surface area contributed by atoms with Crippen LogP contribution in [0.3, 0.4) is 0 Å². The van der Waals surface area contributed by atoms with Crippen molar-refractivity contribution in [2.24, 2.45) is 0 Å². The maximum absolute atomic E-state index is 12.7. The third-order valence-corrected chi connectivity index (χ3v) is 5.16. The Hall–Kier alpha value is -2.04. The Morgan fingerprint density at radius 1 is 0.962 bits per heavy atom. The van der Waals surface area contributed by atoms with Crippen molar-refractivity contribution in [2.75, 3.05) is 13.1 Å². The van der Waals surface area contributed by atoms with E-state index in [0.717, 1.165) is 5.56 Å². The standard InChI is InChI=1S/C20H20Cl2N2O2/c21-16-7-4-8-17(22)19(16)20(26)24-11-9-15(10-12-24)23-18(25)13-14-5-2-1-3-6-14/h1-8,15H,9-13H2,(H,23,25). The van der Waals surface area contributed by atoms with Crippen molar-refractivity contribution in [3.8, 4) is 0 Å². The van der Waals surface area contributed by atoms with Crippen LogP contribution in [0.4, 0.5) is 0 Å². The van der Waals surface area contributed by atoms with Crippen molar-refractivity contribution in [3.05, 3.63) is 69.7 Å². The molecule has 0 aliphatic carbocycles. The summed E-state index contributed by atoms with van der Waals surface area (Å²) in [5, 5.41) is 3.78. The van der Waals surface area contributed by atoms with E-state index in [1.807, 2.05) is 30.3 Å². The van der Waals surface area contributed by atoms with Gasteiger partial charge in [-0.3, -0.25) is 9.59 Å². The molecule has 4 nitrogen and oxygen atoms in total. The Kier molecular flexibility index (Phi) is 6.17. The van der Waals surface area contributed by atoms with Crippen molar-refractivity contribution >= 4 is 35.0 Å². The van der Waals surface area contributed by atoms with Gasteiger partial charge in [0, 0.05) is 19.1 Å². The number of likely N-dealkylation sites (tertiary alicyclic amines) is 1. The molecule has 0 bridgehead atoms. The van der Waals surface area contributed by atoms with E-state index in [9.17, 15) is 9.59 Å². The van der Waals surface area contributed by atoms with E-state index in [1.54, 1.807) is 23.1 Å². The van der Waals surface area contributed by atoms with Crippen molar-refractivity contribution in [3.63, 3.8) is 0 Å². The van der Waals surface area contributed by atoms with Crippen LogP contribution >= 0.6 is 23.2 Å². The number of hydrogen-bond acceptors (Lipinski definition) is 2. The van der Waals surface area contributed by atoms with Gasteiger partial charge in [-0.1, -0.05) is 59.6 Å². The highest BCUT2D eigenvalue weighted by Gasteiger charge is 2.26. The lowest BCUT2D eigenvalue weighted by Gasteiger charge is -2.32. The fourth-order valence-electron chi connectivity index (χ4n) is 3.15. The van der Waals surface area contributed by atoms with Crippen LogP contribution in [0.5, 0.6) is 0 Å². The molecule has 1 aliphatic rings. The Morgan fingerprint density at radius 2 is 1.58 bits per heavy atom. The van der Waals surface area contributed by atoms with Crippen molar-refractivity contribution < 1.29 is 9.59 Å². The number of carbonyl (C=O) groups is 2. The lowest BCUT2D eigenvalue weighted by Crippen LogP contribution is -2.47. The maximum Gasteiger partial charge on any atom is 0.256 e. The first-order valence-electron chi connectivity index (χ1n) is 8.61. The quantitative estimate of drug-likeness (QED) is 0.858. The van der Waals surface area contributed by atoms with Gasteiger partial charge >= 0.3 is 0 Å². The van der Waals surface area contributed by atoms with E-state index in [0.29, 0.717) is 48.0 Å². The minimum Gasteiger partial charge on any atom is -0.353 e. The largest absolute Gasteiger partial charge is 0.353 e. The van der Waals surface area contributed by atoms with E-state index in [-0.39, 0.29) is 17.9 Å². The molecule has 1 aliphatic heterocycles. The number of hydrogen-bond donors (Lipinski definition) is 1. The van der Waals surface area contributed by atoms with E-state index < -0.39 is 0 Å². The first-order valence-corrected chi connectivity index (χ1v) is 9.37. The Bertz CT molecular complexity index is 767. The van der Waals surface area contributed by atoms with Gasteiger partial charge in [-0.05, 0) is 30.5 Å². The number of halogens is 2. The molecule has 0 spiro atoms. The van der Waals surface area contributed by atoms with Crippen LogP contribution in [-0.2, 0) is 11.2 Å². The molecular formula is C20H20Cl2N2O2. The van der Waals surface area contributed by atoms with Crippen LogP contribution in [0.15, 0.2) is 48.5 Å². The predicted molar refractivity (Wildman–Crippen MR) is 104 cm³/mol. The summed E-state index contributed by atoms with van der Waals surface area (Å²) in [7, 11) is 0. The minimum atomic E-state index is -0.158. The number of piperidine rings is 1. The molecule has 2 aromatic rings. The first kappa shape index (κ1) is 18.7. The van der Waals surface area contributed by atoms with Crippen LogP contribution in [0.25, 0.3) is 0 Å². The van der Waals surface area contributed by atoms with Gasteiger partial charge in [0.05, 0.1) is 22.0 Å². The third-order valence-electron chi connectivity index (χ3n) is 4.53. The predicted octanol–water partition coefficient (Wildman–Crippen LogP) is 3.96. The number of rotatable bonds is 4. The fourth-order valence-corrected chi connectivity index (χ4v) is 3.71. The van der Waals surface area contributed by atoms with Gasteiger partial charge in [0.15, 0.2) is 0 Å². The molecule has 3 rings (SSSR count). The molecule has 1 N–H and O–H groups in total. The zero-order valence-electron chi connectivity index (χ0n) is 14.3. The second-order valence-electron chi connectivity index (χ2n) is 6.39. The van der Waals surface area contributed by atoms with Gasteiger partial charge < -0.3 is 10.2 Å². The van der Waals surface area contributed by atoms with E-state index >= 15 is 0 Å². The maximum atomic E-state index is 12.7. The van der Waals surface area contributed by atoms with Crippen LogP contribution < -0.4 is 5.32 Å². The Balaban J connectivity index is 1.53. The number of nitrogens with zero attached hydrogens (tertiary/aromatic N) is 1. The van der Waals surface area contributed by atoms with E-state index in [2.05, 4.69) is 5.32 Å². The molecule has 0 radical (unpaired) electrons. The zero-order chi connectivity index (χ0) is 18.5. The molecule has 1 heterocycles. The summed E-state index contributed by atoms with van der Waals surface area (Å²) in [5.41, 5.74) is 1.34. The van der Waals surface area contributed by atoms with Gasteiger partial charge in [0.2, 0.25) is 5.91 Å². The van der Waals surface area contributed by atoms with Gasteiger partial charge in [-0.2, -0.15) is 0 Å². The average molecular weight is 391 g/mol. The zero-order valence-corrected chi connectivity index (χ0v) is 15.8. The topological polar surface area (TPSA) is 49.4 Å². The summed E-state index contributed by atoms with van der Waals surface area (Å²) in [6.07, 6.45) is 1.80. The first-order chi connectivity index (χ1) is 12.5. The Labute approximate surface area is 163 Å². The van der Waals surface area contributed by atoms with Crippen LogP contribution in [-0.4, -0.2) is 35.8 Å². The second-order valence-corrected chi connectivity index (χ2v) is 7.21. The highest BCUT2D eigenvalue weighted by atomic mass is 35.5. The lowest BCUT2D eigenvalue weighted by atomic mass is 10.0. The molecule has 2 amide bonds. The summed E-state index contributed by atoms with van der Waals surface area (Å²) in [5.74, 6) is -0.148. The van der Waals surface area contributed by atoms with E-state index in [4.69, 9.17) is 23.2 Å². The smallest absolute Gasteiger partial charge is 0.256 e. The van der Waals surface area contributed by atoms with Gasteiger partial charge in [0.25, 0.3) is 5.91 Å². The van der Waals surface area contributed by atoms with Crippen LogP contribution in [0, 0.1) is 0 Å². The molecule has 1 fully saturated rings. The molecule has 0 atom stereocenters. The van der Waals surface area contributed by atoms with E-state index in [1.165, 1.54) is 0 Å². The van der Waals surface area contributed by atoms with Gasteiger partial charge in [-0.15, -0.1) is 0 Å². The normalized spacial score (nSPS) is 14.9. The van der Waals surface area contributed by atoms with Crippen LogP contribution in [0.1, 0.15) is 28.8 Å². The molecule has 1 saturated heterocycles. The third kappa shape index (κ3) is 4.57. The second kappa shape index (κ2) is 8.56. The van der Waals surface area contributed by atoms with Gasteiger partial charge in [0.1, 0.15) is 0 Å². The fraction of sp³-hybridized carbons (Fsp3) is 0.300. The molecule has 6 heteroatoms. The van der Waals surface area contributed by atoms with Crippen molar-refractivity contribution in [2.45, 2.75) is 25.3 Å². The molecule has 0 aromatic heterocycles. The molecule has 26 heavy (non-hydrogen) atoms. The lowest BCUT2D eigenvalue weighted by molar-refractivity contribution is -0.121. The number of benzene rings is 2. The highest BCUT2D eigenvalue weighted by molar-refractivity contribution is 6.39. The number of nitrogens with one attached hydrogen (secondary N) is 1. The van der Waals surface area contributed by atoms with Crippen LogP contribution in [0.2, 0.25) is 10.0 Å². The molecule has 2 aromatic carbocycles. The summed E-state index contributed by atoms with van der Waals surface area (Å²) >= 11 is 12.3. The molecule has 0 saturated carbocycles. The van der Waals surface area contributed by atoms with Crippen molar-refractivity contribution in [1.29, 1.82) is 0 Å². The molecular weight excluding hydrogens is 371 g/mol. The summed E-state index contributed by atoms with van der Waals surface area (Å²) in [4.78, 5) is 26.6. The Morgan fingerprint density at radius 3 is 2.19 bits per heavy atom. The number of amides is 2. The summed E-state index contributed by atoms with van der Waals surface area (Å²) < 4.78 is 0. The number of carbonyl (C=O) groups excluding carboxylic acids is 2. The SMILES string of the molecule is O=C(Cc1ccccc1)NC1CCN(C(=O)c2c(Cl)cccc2Cl)CC1. The minimum absolute atomic E-state index is 0.00937. The van der Waals surface area contributed by atoms with Gasteiger partial charge in [-0.25, -0.2) is 0 Å². The van der Waals surface area contributed by atoms with Crippen molar-refractivity contribution in [1.82, 2.24) is 10.2 Å². The summed E-state index contributed by atoms with van der Waals surface area (Å²) in [6, 6.07) is 14.8. The average Bonchev–Trinajstić information content (AvgIpc) is 2.63. The monoisotopic (exact) mass is 390 g/mol. The molecule has 0 unspecified atom stereocenters. The molecule has 136 valence electrons.